The van der Waals surface area contributed by atoms with Gasteiger partial charge in [0.2, 0.25) is 10.0 Å². The van der Waals surface area contributed by atoms with Gasteiger partial charge >= 0.3 is 0 Å². The molecule has 0 spiro atoms. The highest BCUT2D eigenvalue weighted by Crippen LogP contribution is 2.16. The van der Waals surface area contributed by atoms with Crippen molar-refractivity contribution in [2.75, 3.05) is 26.2 Å². The molecule has 1 aromatic carbocycles. The number of sulfonamides is 1. The summed E-state index contributed by atoms with van der Waals surface area (Å²) in [6, 6.07) is 7.08. The predicted molar refractivity (Wildman–Crippen MR) is 81.2 cm³/mol. The van der Waals surface area contributed by atoms with Gasteiger partial charge in [-0.2, -0.15) is 0 Å². The minimum atomic E-state index is -3.38. The van der Waals surface area contributed by atoms with Crippen LogP contribution in [0.15, 0.2) is 29.2 Å². The van der Waals surface area contributed by atoms with Crippen molar-refractivity contribution in [3.63, 3.8) is 0 Å². The Kier molecular flexibility index (Phi) is 5.18. The summed E-state index contributed by atoms with van der Waals surface area (Å²) in [7, 11) is -3.38. The fourth-order valence-electron chi connectivity index (χ4n) is 2.56. The van der Waals surface area contributed by atoms with E-state index in [1.807, 2.05) is 19.1 Å². The lowest BCUT2D eigenvalue weighted by Crippen LogP contribution is -2.39. The first-order valence-corrected chi connectivity index (χ1v) is 8.75. The van der Waals surface area contributed by atoms with Crippen LogP contribution < -0.4 is 4.72 Å². The van der Waals surface area contributed by atoms with E-state index in [2.05, 4.69) is 16.5 Å². The van der Waals surface area contributed by atoms with Crippen molar-refractivity contribution >= 4 is 10.0 Å². The molecule has 1 aliphatic rings. The van der Waals surface area contributed by atoms with Gasteiger partial charge in [-0.1, -0.05) is 25.1 Å². The summed E-state index contributed by atoms with van der Waals surface area (Å²) in [5.74, 6) is 0.801. The standard InChI is InChI=1S/C15H24N2O2S/c1-13-7-10-17(11-8-13)12-9-16-20(18,19)15-6-4-3-5-14(15)2/h3-6,13,16H,7-12H2,1-2H3. The summed E-state index contributed by atoms with van der Waals surface area (Å²) in [5.41, 5.74) is 0.784. The Labute approximate surface area is 122 Å². The van der Waals surface area contributed by atoms with Crippen LogP contribution in [-0.4, -0.2) is 39.5 Å². The third kappa shape index (κ3) is 4.04. The summed E-state index contributed by atoms with van der Waals surface area (Å²) in [6.45, 7) is 7.52. The molecule has 1 aromatic rings. The number of aryl methyl sites for hydroxylation is 1. The van der Waals surface area contributed by atoms with Gasteiger partial charge in [-0.15, -0.1) is 0 Å². The molecule has 0 aromatic heterocycles. The molecule has 0 aliphatic carbocycles. The predicted octanol–water partition coefficient (Wildman–Crippen LogP) is 2.01. The second-order valence-corrected chi connectivity index (χ2v) is 7.42. The van der Waals surface area contributed by atoms with Gasteiger partial charge in [0.1, 0.15) is 0 Å². The van der Waals surface area contributed by atoms with Gasteiger partial charge in [-0.05, 0) is 50.4 Å². The Bertz CT molecular complexity index is 535. The maximum absolute atomic E-state index is 12.2. The number of likely N-dealkylation sites (tertiary alicyclic amines) is 1. The fourth-order valence-corrected chi connectivity index (χ4v) is 3.82. The van der Waals surface area contributed by atoms with Gasteiger partial charge in [-0.25, -0.2) is 13.1 Å². The van der Waals surface area contributed by atoms with Gasteiger partial charge in [0.25, 0.3) is 0 Å². The topological polar surface area (TPSA) is 49.4 Å². The molecule has 0 radical (unpaired) electrons. The highest BCUT2D eigenvalue weighted by molar-refractivity contribution is 7.89. The molecule has 5 heteroatoms. The molecule has 0 bridgehead atoms. The average Bonchev–Trinajstić information content (AvgIpc) is 2.41. The molecule has 4 nitrogen and oxygen atoms in total. The second-order valence-electron chi connectivity index (χ2n) is 5.69. The number of rotatable bonds is 5. The van der Waals surface area contributed by atoms with Crippen LogP contribution in [0, 0.1) is 12.8 Å². The van der Waals surface area contributed by atoms with E-state index in [0.29, 0.717) is 11.4 Å². The molecular weight excluding hydrogens is 272 g/mol. The van der Waals surface area contributed by atoms with E-state index in [1.165, 1.54) is 12.8 Å². The summed E-state index contributed by atoms with van der Waals surface area (Å²) >= 11 is 0. The first-order chi connectivity index (χ1) is 9.49. The normalized spacial score (nSPS) is 18.3. The van der Waals surface area contributed by atoms with Crippen LogP contribution in [0.2, 0.25) is 0 Å². The van der Waals surface area contributed by atoms with Gasteiger partial charge < -0.3 is 4.90 Å². The Morgan fingerprint density at radius 2 is 1.90 bits per heavy atom. The molecule has 1 aliphatic heterocycles. The third-order valence-corrected chi connectivity index (χ3v) is 5.60. The summed E-state index contributed by atoms with van der Waals surface area (Å²) in [4.78, 5) is 2.72. The van der Waals surface area contributed by atoms with E-state index in [1.54, 1.807) is 12.1 Å². The maximum Gasteiger partial charge on any atom is 0.240 e. The van der Waals surface area contributed by atoms with Crippen molar-refractivity contribution in [1.82, 2.24) is 9.62 Å². The molecule has 1 heterocycles. The zero-order valence-electron chi connectivity index (χ0n) is 12.3. The van der Waals surface area contributed by atoms with E-state index in [-0.39, 0.29) is 0 Å². The molecular formula is C15H24N2O2S. The number of benzene rings is 1. The van der Waals surface area contributed by atoms with Crippen LogP contribution in [0.3, 0.4) is 0 Å². The number of nitrogens with zero attached hydrogens (tertiary/aromatic N) is 1. The van der Waals surface area contributed by atoms with Crippen LogP contribution in [0.25, 0.3) is 0 Å². The largest absolute Gasteiger partial charge is 0.302 e. The van der Waals surface area contributed by atoms with Crippen LogP contribution in [0.5, 0.6) is 0 Å². The van der Waals surface area contributed by atoms with Crippen molar-refractivity contribution in [2.24, 2.45) is 5.92 Å². The highest BCUT2D eigenvalue weighted by atomic mass is 32.2. The molecule has 1 saturated heterocycles. The average molecular weight is 296 g/mol. The minimum absolute atomic E-state index is 0.382. The monoisotopic (exact) mass is 296 g/mol. The van der Waals surface area contributed by atoms with Crippen molar-refractivity contribution < 1.29 is 8.42 Å². The summed E-state index contributed by atoms with van der Waals surface area (Å²) < 4.78 is 27.1. The van der Waals surface area contributed by atoms with Crippen molar-refractivity contribution in [3.05, 3.63) is 29.8 Å². The Morgan fingerprint density at radius 1 is 1.25 bits per heavy atom. The first-order valence-electron chi connectivity index (χ1n) is 7.27. The lowest BCUT2D eigenvalue weighted by atomic mass is 9.99. The molecule has 2 rings (SSSR count). The van der Waals surface area contributed by atoms with Gasteiger partial charge in [0.15, 0.2) is 0 Å². The minimum Gasteiger partial charge on any atom is -0.302 e. The number of hydrogen-bond donors (Lipinski definition) is 1. The summed E-state index contributed by atoms with van der Waals surface area (Å²) in [6.07, 6.45) is 2.43. The van der Waals surface area contributed by atoms with E-state index < -0.39 is 10.0 Å². The third-order valence-electron chi connectivity index (χ3n) is 3.98. The zero-order valence-corrected chi connectivity index (χ0v) is 13.1. The lowest BCUT2D eigenvalue weighted by Gasteiger charge is -2.30. The van der Waals surface area contributed by atoms with Crippen molar-refractivity contribution in [1.29, 1.82) is 0 Å². The Hall–Kier alpha value is -0.910. The molecule has 20 heavy (non-hydrogen) atoms. The Balaban J connectivity index is 1.86. The van der Waals surface area contributed by atoms with E-state index >= 15 is 0 Å². The van der Waals surface area contributed by atoms with Crippen LogP contribution in [-0.2, 0) is 10.0 Å². The smallest absolute Gasteiger partial charge is 0.240 e. The molecule has 0 unspecified atom stereocenters. The van der Waals surface area contributed by atoms with Gasteiger partial charge in [0, 0.05) is 13.1 Å². The van der Waals surface area contributed by atoms with Crippen LogP contribution in [0.1, 0.15) is 25.3 Å². The van der Waals surface area contributed by atoms with E-state index in [9.17, 15) is 8.42 Å². The zero-order chi connectivity index (χ0) is 14.6. The number of piperidine rings is 1. The fraction of sp³-hybridized carbons (Fsp3) is 0.600. The molecule has 1 N–H and O–H groups in total. The summed E-state index contributed by atoms with van der Waals surface area (Å²) in [5, 5.41) is 0. The quantitative estimate of drug-likeness (QED) is 0.904. The van der Waals surface area contributed by atoms with Crippen molar-refractivity contribution in [2.45, 2.75) is 31.6 Å². The maximum atomic E-state index is 12.2. The Morgan fingerprint density at radius 3 is 2.55 bits per heavy atom. The molecule has 0 amide bonds. The molecule has 112 valence electrons. The van der Waals surface area contributed by atoms with E-state index in [4.69, 9.17) is 0 Å². The van der Waals surface area contributed by atoms with Crippen molar-refractivity contribution in [3.8, 4) is 0 Å². The van der Waals surface area contributed by atoms with Crippen LogP contribution >= 0.6 is 0 Å². The molecule has 0 atom stereocenters. The number of hydrogen-bond acceptors (Lipinski definition) is 3. The first kappa shape index (κ1) is 15.5. The molecule has 1 fully saturated rings. The highest BCUT2D eigenvalue weighted by Gasteiger charge is 2.18. The lowest BCUT2D eigenvalue weighted by molar-refractivity contribution is 0.195. The number of nitrogens with one attached hydrogen (secondary N) is 1. The van der Waals surface area contributed by atoms with E-state index in [0.717, 1.165) is 31.1 Å². The SMILES string of the molecule is Cc1ccccc1S(=O)(=O)NCCN1CCC(C)CC1. The van der Waals surface area contributed by atoms with Gasteiger partial charge in [0.05, 0.1) is 4.90 Å². The molecule has 0 saturated carbocycles. The van der Waals surface area contributed by atoms with Crippen LogP contribution in [0.4, 0.5) is 0 Å². The van der Waals surface area contributed by atoms with Gasteiger partial charge in [-0.3, -0.25) is 0 Å². The second kappa shape index (κ2) is 6.70.